The normalized spacial score (nSPS) is 12.5. The van der Waals surface area contributed by atoms with Crippen molar-refractivity contribution in [2.45, 2.75) is 13.0 Å². The summed E-state index contributed by atoms with van der Waals surface area (Å²) >= 11 is 0. The summed E-state index contributed by atoms with van der Waals surface area (Å²) in [5, 5.41) is 19.9. The van der Waals surface area contributed by atoms with Crippen molar-refractivity contribution in [1.82, 2.24) is 15.5 Å². The Morgan fingerprint density at radius 1 is 1.33 bits per heavy atom. The number of H-pyrrole nitrogens is 1. The number of phenolic OH excluding ortho intramolecular Hbond substituents is 1. The maximum absolute atomic E-state index is 12.1. The average molecular weight is 322 g/mol. The van der Waals surface area contributed by atoms with Crippen LogP contribution in [0.1, 0.15) is 24.1 Å². The van der Waals surface area contributed by atoms with Crippen LogP contribution in [0.2, 0.25) is 0 Å². The summed E-state index contributed by atoms with van der Waals surface area (Å²) in [6.45, 7) is 1.86. The first-order chi connectivity index (χ1) is 11.5. The molecule has 6 heteroatoms. The number of carbonyl (C=O) groups excluding carboxylic acids is 1. The molecule has 0 saturated carbocycles. The van der Waals surface area contributed by atoms with Crippen molar-refractivity contribution in [3.8, 4) is 5.75 Å². The number of hydrogen-bond donors (Lipinski definition) is 4. The Balaban J connectivity index is 1.68. The van der Waals surface area contributed by atoms with Gasteiger partial charge in [0.25, 0.3) is 0 Å². The second-order valence-corrected chi connectivity index (χ2v) is 5.57. The fourth-order valence-electron chi connectivity index (χ4n) is 2.47. The number of amides is 1. The molecule has 0 fully saturated rings. The van der Waals surface area contributed by atoms with Gasteiger partial charge in [0.2, 0.25) is 5.91 Å². The molecule has 1 amide bonds. The molecule has 5 N–H and O–H groups in total. The van der Waals surface area contributed by atoms with Crippen LogP contribution in [0.3, 0.4) is 0 Å². The number of anilines is 1. The number of hydrogen-bond acceptors (Lipinski definition) is 4. The topological polar surface area (TPSA) is 104 Å². The molecule has 3 aromatic rings. The maximum atomic E-state index is 12.1. The first kappa shape index (κ1) is 15.6. The van der Waals surface area contributed by atoms with E-state index in [2.05, 4.69) is 15.5 Å². The monoisotopic (exact) mass is 322 g/mol. The van der Waals surface area contributed by atoms with Gasteiger partial charge in [0, 0.05) is 11.5 Å². The second kappa shape index (κ2) is 6.45. The van der Waals surface area contributed by atoms with Crippen LogP contribution in [0.15, 0.2) is 48.5 Å². The SMILES string of the molecule is C[C@H](NC(=O)/C=C/c1ccc2[nH]nc(N)c2c1)c1cccc(O)c1. The first-order valence-corrected chi connectivity index (χ1v) is 7.54. The van der Waals surface area contributed by atoms with Crippen molar-refractivity contribution in [3.05, 3.63) is 59.7 Å². The van der Waals surface area contributed by atoms with Crippen molar-refractivity contribution in [2.75, 3.05) is 5.73 Å². The number of aromatic nitrogens is 2. The summed E-state index contributed by atoms with van der Waals surface area (Å²) in [6.07, 6.45) is 3.19. The molecule has 0 saturated heterocycles. The molecule has 1 aromatic heterocycles. The van der Waals surface area contributed by atoms with E-state index in [1.165, 1.54) is 6.08 Å². The van der Waals surface area contributed by atoms with Crippen LogP contribution in [-0.2, 0) is 4.79 Å². The van der Waals surface area contributed by atoms with Gasteiger partial charge in [-0.3, -0.25) is 9.89 Å². The van der Waals surface area contributed by atoms with Crippen LogP contribution in [0, 0.1) is 0 Å². The van der Waals surface area contributed by atoms with Crippen LogP contribution in [0.4, 0.5) is 5.82 Å². The minimum absolute atomic E-state index is 0.176. The molecule has 24 heavy (non-hydrogen) atoms. The third kappa shape index (κ3) is 3.38. The Morgan fingerprint density at radius 2 is 2.17 bits per heavy atom. The van der Waals surface area contributed by atoms with Crippen LogP contribution < -0.4 is 11.1 Å². The number of benzene rings is 2. The average Bonchev–Trinajstić information content (AvgIpc) is 2.94. The molecule has 0 bridgehead atoms. The molecular weight excluding hydrogens is 304 g/mol. The van der Waals surface area contributed by atoms with Gasteiger partial charge < -0.3 is 16.2 Å². The zero-order chi connectivity index (χ0) is 17.1. The van der Waals surface area contributed by atoms with E-state index in [-0.39, 0.29) is 17.7 Å². The molecule has 0 radical (unpaired) electrons. The molecule has 1 atom stereocenters. The summed E-state index contributed by atoms with van der Waals surface area (Å²) in [4.78, 5) is 12.1. The zero-order valence-corrected chi connectivity index (χ0v) is 13.2. The van der Waals surface area contributed by atoms with Gasteiger partial charge in [-0.2, -0.15) is 5.10 Å². The highest BCUT2D eigenvalue weighted by atomic mass is 16.3. The largest absolute Gasteiger partial charge is 0.508 e. The highest BCUT2D eigenvalue weighted by molar-refractivity contribution is 5.94. The smallest absolute Gasteiger partial charge is 0.244 e. The Morgan fingerprint density at radius 3 is 2.96 bits per heavy atom. The van der Waals surface area contributed by atoms with Gasteiger partial charge in [-0.1, -0.05) is 18.2 Å². The summed E-state index contributed by atoms with van der Waals surface area (Å²) < 4.78 is 0. The maximum Gasteiger partial charge on any atom is 0.244 e. The predicted octanol–water partition coefficient (Wildman–Crippen LogP) is 2.74. The van der Waals surface area contributed by atoms with Gasteiger partial charge >= 0.3 is 0 Å². The van der Waals surface area contributed by atoms with Crippen molar-refractivity contribution in [3.63, 3.8) is 0 Å². The fraction of sp³-hybridized carbons (Fsp3) is 0.111. The lowest BCUT2D eigenvalue weighted by molar-refractivity contribution is -0.117. The summed E-state index contributed by atoms with van der Waals surface area (Å²) in [5.74, 6) is 0.392. The van der Waals surface area contributed by atoms with E-state index in [9.17, 15) is 9.90 Å². The van der Waals surface area contributed by atoms with Gasteiger partial charge in [-0.05, 0) is 48.4 Å². The Labute approximate surface area is 139 Å². The van der Waals surface area contributed by atoms with Gasteiger partial charge in [-0.25, -0.2) is 0 Å². The van der Waals surface area contributed by atoms with E-state index >= 15 is 0 Å². The molecule has 1 heterocycles. The van der Waals surface area contributed by atoms with E-state index < -0.39 is 0 Å². The minimum atomic E-state index is -0.217. The number of aromatic amines is 1. The summed E-state index contributed by atoms with van der Waals surface area (Å²) in [6, 6.07) is 12.2. The van der Waals surface area contributed by atoms with E-state index in [1.807, 2.05) is 31.2 Å². The Hall–Kier alpha value is -3.28. The quantitative estimate of drug-likeness (QED) is 0.554. The molecule has 3 rings (SSSR count). The van der Waals surface area contributed by atoms with Crippen LogP contribution in [0.5, 0.6) is 5.75 Å². The minimum Gasteiger partial charge on any atom is -0.508 e. The molecule has 0 spiro atoms. The van der Waals surface area contributed by atoms with Gasteiger partial charge in [0.15, 0.2) is 5.82 Å². The lowest BCUT2D eigenvalue weighted by atomic mass is 10.1. The summed E-state index contributed by atoms with van der Waals surface area (Å²) in [7, 11) is 0. The number of nitrogens with one attached hydrogen (secondary N) is 2. The number of rotatable bonds is 4. The Bertz CT molecular complexity index is 914. The van der Waals surface area contributed by atoms with Crippen molar-refractivity contribution in [1.29, 1.82) is 0 Å². The van der Waals surface area contributed by atoms with E-state index in [4.69, 9.17) is 5.73 Å². The van der Waals surface area contributed by atoms with E-state index in [1.54, 1.807) is 24.3 Å². The molecule has 0 aliphatic rings. The number of nitrogens with zero attached hydrogens (tertiary/aromatic N) is 1. The Kier molecular flexibility index (Phi) is 4.20. The number of nitrogens with two attached hydrogens (primary N) is 1. The van der Waals surface area contributed by atoms with Crippen molar-refractivity contribution < 1.29 is 9.90 Å². The van der Waals surface area contributed by atoms with Gasteiger partial charge in [-0.15, -0.1) is 0 Å². The third-order valence-corrected chi connectivity index (χ3v) is 3.77. The van der Waals surface area contributed by atoms with Crippen molar-refractivity contribution >= 4 is 28.7 Å². The van der Waals surface area contributed by atoms with E-state index in [0.29, 0.717) is 5.82 Å². The highest BCUT2D eigenvalue weighted by Crippen LogP contribution is 2.20. The van der Waals surface area contributed by atoms with E-state index in [0.717, 1.165) is 22.0 Å². The number of phenols is 1. The summed E-state index contributed by atoms with van der Waals surface area (Å²) in [5.41, 5.74) is 8.33. The molecule has 0 unspecified atom stereocenters. The number of aromatic hydroxyl groups is 1. The second-order valence-electron chi connectivity index (χ2n) is 5.57. The van der Waals surface area contributed by atoms with Gasteiger partial charge in [0.05, 0.1) is 11.6 Å². The predicted molar refractivity (Wildman–Crippen MR) is 94.2 cm³/mol. The molecule has 0 aliphatic carbocycles. The number of carbonyl (C=O) groups is 1. The first-order valence-electron chi connectivity index (χ1n) is 7.54. The number of fused-ring (bicyclic) bond motifs is 1. The molecule has 122 valence electrons. The third-order valence-electron chi connectivity index (χ3n) is 3.77. The molecule has 2 aromatic carbocycles. The van der Waals surface area contributed by atoms with Crippen molar-refractivity contribution in [2.24, 2.45) is 0 Å². The lowest BCUT2D eigenvalue weighted by Crippen LogP contribution is -2.24. The molecule has 6 nitrogen and oxygen atoms in total. The lowest BCUT2D eigenvalue weighted by Gasteiger charge is -2.13. The standard InChI is InChI=1S/C18H18N4O2/c1-11(13-3-2-4-14(23)10-13)20-17(24)8-6-12-5-7-16-15(9-12)18(19)22-21-16/h2-11,23H,1H3,(H,20,24)(H3,19,21,22)/b8-6+/t11-/m0/s1. The van der Waals surface area contributed by atoms with Crippen LogP contribution in [-0.4, -0.2) is 21.2 Å². The van der Waals surface area contributed by atoms with Crippen LogP contribution in [0.25, 0.3) is 17.0 Å². The molecule has 0 aliphatic heterocycles. The number of nitrogen functional groups attached to an aromatic ring is 1. The highest BCUT2D eigenvalue weighted by Gasteiger charge is 2.08. The fourth-order valence-corrected chi connectivity index (χ4v) is 2.47. The zero-order valence-electron chi connectivity index (χ0n) is 13.2. The molecular formula is C18H18N4O2. The van der Waals surface area contributed by atoms with Crippen LogP contribution >= 0.6 is 0 Å². The van der Waals surface area contributed by atoms with Gasteiger partial charge in [0.1, 0.15) is 5.75 Å².